The summed E-state index contributed by atoms with van der Waals surface area (Å²) in [5, 5.41) is 7.55. The van der Waals surface area contributed by atoms with Crippen LogP contribution in [0.4, 0.5) is 4.39 Å². The summed E-state index contributed by atoms with van der Waals surface area (Å²) in [7, 11) is 0. The van der Waals surface area contributed by atoms with Gasteiger partial charge in [-0.05, 0) is 69.2 Å². The van der Waals surface area contributed by atoms with Crippen LogP contribution in [0.2, 0.25) is 0 Å². The molecule has 5 atom stereocenters. The highest BCUT2D eigenvalue weighted by molar-refractivity contribution is 5.80. The maximum absolute atomic E-state index is 13.1. The molecular weight excluding hydrogens is 331 g/mol. The Morgan fingerprint density at radius 3 is 2.65 bits per heavy atom. The summed E-state index contributed by atoms with van der Waals surface area (Å²) in [5.41, 5.74) is 8.98. The van der Waals surface area contributed by atoms with E-state index in [4.69, 9.17) is 5.73 Å². The first-order valence-corrected chi connectivity index (χ1v) is 9.32. The molecule has 2 bridgehead atoms. The fourth-order valence-electron chi connectivity index (χ4n) is 4.80. The summed E-state index contributed by atoms with van der Waals surface area (Å²) in [6.45, 7) is 3.92. The van der Waals surface area contributed by atoms with Gasteiger partial charge in [0.15, 0.2) is 0 Å². The lowest BCUT2D eigenvalue weighted by atomic mass is 9.84. The van der Waals surface area contributed by atoms with Crippen molar-refractivity contribution in [3.63, 3.8) is 0 Å². The van der Waals surface area contributed by atoms with Crippen molar-refractivity contribution in [2.45, 2.75) is 45.2 Å². The molecule has 2 fully saturated rings. The van der Waals surface area contributed by atoms with Crippen LogP contribution in [-0.4, -0.2) is 21.7 Å². The molecule has 2 aromatic rings. The molecule has 3 N–H and O–H groups in total. The first-order chi connectivity index (χ1) is 12.5. The zero-order chi connectivity index (χ0) is 18.4. The molecule has 2 aliphatic carbocycles. The number of nitrogens with zero attached hydrogens (tertiary/aromatic N) is 2. The molecule has 5 unspecified atom stereocenters. The standard InChI is InChI=1S/C20H25FN4O/c1-11(24-20(26)18-13-3-4-14(9-13)19(18)22)17-10-23-25(12(17)2)16-7-5-15(21)6-8-16/h5-8,10-11,13-14,18-19H,3-4,9,22H2,1-2H3,(H,24,26). The van der Waals surface area contributed by atoms with Gasteiger partial charge in [0.25, 0.3) is 0 Å². The van der Waals surface area contributed by atoms with Gasteiger partial charge in [0.1, 0.15) is 5.82 Å². The van der Waals surface area contributed by atoms with Gasteiger partial charge in [0, 0.05) is 17.3 Å². The smallest absolute Gasteiger partial charge is 0.225 e. The Hall–Kier alpha value is -2.21. The van der Waals surface area contributed by atoms with Crippen molar-refractivity contribution in [3.8, 4) is 5.69 Å². The molecule has 1 heterocycles. The lowest BCUT2D eigenvalue weighted by molar-refractivity contribution is -0.127. The second-order valence-corrected chi connectivity index (χ2v) is 7.74. The number of hydrogen-bond acceptors (Lipinski definition) is 3. The predicted octanol–water partition coefficient (Wildman–Crippen LogP) is 2.87. The maximum Gasteiger partial charge on any atom is 0.225 e. The lowest BCUT2D eigenvalue weighted by Gasteiger charge is -2.28. The van der Waals surface area contributed by atoms with Crippen molar-refractivity contribution in [2.24, 2.45) is 23.5 Å². The van der Waals surface area contributed by atoms with Gasteiger partial charge in [-0.1, -0.05) is 0 Å². The van der Waals surface area contributed by atoms with Crippen LogP contribution in [0.3, 0.4) is 0 Å². The Labute approximate surface area is 152 Å². The second-order valence-electron chi connectivity index (χ2n) is 7.74. The average molecular weight is 356 g/mol. The number of fused-ring (bicyclic) bond motifs is 2. The van der Waals surface area contributed by atoms with Crippen LogP contribution in [0, 0.1) is 30.5 Å². The number of halogens is 1. The number of amides is 1. The van der Waals surface area contributed by atoms with E-state index in [2.05, 4.69) is 10.4 Å². The average Bonchev–Trinajstić information content (AvgIpc) is 3.30. The van der Waals surface area contributed by atoms with Gasteiger partial charge in [-0.3, -0.25) is 4.79 Å². The molecule has 138 valence electrons. The normalized spacial score (nSPS) is 28.3. The molecule has 0 aliphatic heterocycles. The lowest BCUT2D eigenvalue weighted by Crippen LogP contribution is -2.45. The summed E-state index contributed by atoms with van der Waals surface area (Å²) in [6.07, 6.45) is 5.14. The van der Waals surface area contributed by atoms with Gasteiger partial charge < -0.3 is 11.1 Å². The highest BCUT2D eigenvalue weighted by atomic mass is 19.1. The molecular formula is C20H25FN4O. The summed E-state index contributed by atoms with van der Waals surface area (Å²) in [4.78, 5) is 12.8. The summed E-state index contributed by atoms with van der Waals surface area (Å²) in [5.74, 6) is 0.663. The summed E-state index contributed by atoms with van der Waals surface area (Å²) >= 11 is 0. The molecule has 4 rings (SSSR count). The van der Waals surface area contributed by atoms with Crippen molar-refractivity contribution < 1.29 is 9.18 Å². The van der Waals surface area contributed by atoms with Crippen molar-refractivity contribution in [1.29, 1.82) is 0 Å². The third kappa shape index (κ3) is 2.82. The molecule has 5 nitrogen and oxygen atoms in total. The number of carbonyl (C=O) groups is 1. The van der Waals surface area contributed by atoms with Gasteiger partial charge in [-0.15, -0.1) is 0 Å². The molecule has 2 aliphatic rings. The molecule has 1 amide bonds. The number of hydrogen-bond donors (Lipinski definition) is 2. The number of rotatable bonds is 4. The van der Waals surface area contributed by atoms with Gasteiger partial charge >= 0.3 is 0 Å². The van der Waals surface area contributed by atoms with Crippen LogP contribution in [0.5, 0.6) is 0 Å². The predicted molar refractivity (Wildman–Crippen MR) is 97.1 cm³/mol. The molecule has 1 aromatic carbocycles. The zero-order valence-electron chi connectivity index (χ0n) is 15.2. The Kier molecular flexibility index (Phi) is 4.31. The van der Waals surface area contributed by atoms with E-state index in [1.54, 1.807) is 23.0 Å². The number of nitrogens with two attached hydrogens (primary N) is 1. The Bertz CT molecular complexity index is 814. The maximum atomic E-state index is 13.1. The van der Waals surface area contributed by atoms with E-state index in [9.17, 15) is 9.18 Å². The summed E-state index contributed by atoms with van der Waals surface area (Å²) in [6, 6.07) is 6.05. The van der Waals surface area contributed by atoms with E-state index < -0.39 is 0 Å². The van der Waals surface area contributed by atoms with Crippen LogP contribution >= 0.6 is 0 Å². The Morgan fingerprint density at radius 1 is 1.31 bits per heavy atom. The van der Waals surface area contributed by atoms with Crippen molar-refractivity contribution in [3.05, 3.63) is 47.5 Å². The van der Waals surface area contributed by atoms with E-state index in [0.29, 0.717) is 11.8 Å². The molecule has 0 spiro atoms. The van der Waals surface area contributed by atoms with E-state index in [1.165, 1.54) is 12.1 Å². The molecule has 0 saturated heterocycles. The van der Waals surface area contributed by atoms with Crippen molar-refractivity contribution in [1.82, 2.24) is 15.1 Å². The number of aromatic nitrogens is 2. The van der Waals surface area contributed by atoms with Crippen LogP contribution < -0.4 is 11.1 Å². The Morgan fingerprint density at radius 2 is 2.00 bits per heavy atom. The minimum atomic E-state index is -0.276. The second kappa shape index (κ2) is 6.50. The summed E-state index contributed by atoms with van der Waals surface area (Å²) < 4.78 is 14.9. The van der Waals surface area contributed by atoms with Crippen molar-refractivity contribution >= 4 is 5.91 Å². The molecule has 6 heteroatoms. The highest BCUT2D eigenvalue weighted by Crippen LogP contribution is 2.47. The quantitative estimate of drug-likeness (QED) is 0.885. The van der Waals surface area contributed by atoms with Gasteiger partial charge in [0.2, 0.25) is 5.91 Å². The number of nitrogens with one attached hydrogen (secondary N) is 1. The third-order valence-corrected chi connectivity index (χ3v) is 6.23. The van der Waals surface area contributed by atoms with Crippen molar-refractivity contribution in [2.75, 3.05) is 0 Å². The van der Waals surface area contributed by atoms with Crippen LogP contribution in [-0.2, 0) is 4.79 Å². The van der Waals surface area contributed by atoms with Crippen LogP contribution in [0.1, 0.15) is 43.5 Å². The van der Waals surface area contributed by atoms with E-state index >= 15 is 0 Å². The van der Waals surface area contributed by atoms with Crippen LogP contribution in [0.25, 0.3) is 5.69 Å². The monoisotopic (exact) mass is 356 g/mol. The van der Waals surface area contributed by atoms with E-state index in [0.717, 1.165) is 36.2 Å². The fraction of sp³-hybridized carbons (Fsp3) is 0.500. The van der Waals surface area contributed by atoms with E-state index in [1.807, 2.05) is 13.8 Å². The molecule has 1 aromatic heterocycles. The topological polar surface area (TPSA) is 72.9 Å². The minimum Gasteiger partial charge on any atom is -0.349 e. The SMILES string of the molecule is Cc1c(C(C)NC(=O)C2C3CCC(C3)C2N)cnn1-c1ccc(F)cc1. The minimum absolute atomic E-state index is 0.0102. The Balaban J connectivity index is 1.49. The highest BCUT2D eigenvalue weighted by Gasteiger charge is 2.49. The largest absolute Gasteiger partial charge is 0.349 e. The van der Waals surface area contributed by atoms with Gasteiger partial charge in [0.05, 0.1) is 23.8 Å². The zero-order valence-corrected chi connectivity index (χ0v) is 15.2. The molecule has 26 heavy (non-hydrogen) atoms. The third-order valence-electron chi connectivity index (χ3n) is 6.23. The van der Waals surface area contributed by atoms with Gasteiger partial charge in [-0.25, -0.2) is 9.07 Å². The molecule has 0 radical (unpaired) electrons. The van der Waals surface area contributed by atoms with Gasteiger partial charge in [-0.2, -0.15) is 5.10 Å². The van der Waals surface area contributed by atoms with E-state index in [-0.39, 0.29) is 29.7 Å². The van der Waals surface area contributed by atoms with Crippen LogP contribution in [0.15, 0.2) is 30.5 Å². The first kappa shape index (κ1) is 17.2. The number of carbonyl (C=O) groups excluding carboxylic acids is 1. The molecule has 2 saturated carbocycles. The number of benzene rings is 1. The first-order valence-electron chi connectivity index (χ1n) is 9.32. The fourth-order valence-corrected chi connectivity index (χ4v) is 4.80.